The second-order valence-electron chi connectivity index (χ2n) is 4.33. The molecule has 0 aliphatic carbocycles. The van der Waals surface area contributed by atoms with Crippen LogP contribution in [0.5, 0.6) is 0 Å². The Balaban J connectivity index is 1.81. The number of likely N-dealkylation sites (N-methyl/N-ethyl adjacent to an activating group) is 1. The van der Waals surface area contributed by atoms with Crippen molar-refractivity contribution in [1.29, 1.82) is 0 Å². The quantitative estimate of drug-likeness (QED) is 0.571. The van der Waals surface area contributed by atoms with Gasteiger partial charge in [0.15, 0.2) is 0 Å². The molecule has 74 valence electrons. The van der Waals surface area contributed by atoms with Crippen molar-refractivity contribution >= 4 is 0 Å². The summed E-state index contributed by atoms with van der Waals surface area (Å²) in [7, 11) is 2.24. The monoisotopic (exact) mass is 183 g/mol. The van der Waals surface area contributed by atoms with Gasteiger partial charge in [0.05, 0.1) is 26.5 Å². The van der Waals surface area contributed by atoms with Crippen molar-refractivity contribution in [2.45, 2.75) is 6.04 Å². The highest BCUT2D eigenvalue weighted by Gasteiger charge is 2.42. The lowest BCUT2D eigenvalue weighted by Gasteiger charge is -2.49. The van der Waals surface area contributed by atoms with Crippen molar-refractivity contribution in [2.75, 3.05) is 46.4 Å². The maximum Gasteiger partial charge on any atom is 0.110 e. The molecule has 2 heterocycles. The van der Waals surface area contributed by atoms with E-state index >= 15 is 0 Å². The van der Waals surface area contributed by atoms with Crippen LogP contribution in [0.15, 0.2) is 12.8 Å². The summed E-state index contributed by atoms with van der Waals surface area (Å²) >= 11 is 0. The molecule has 0 N–H and O–H groups in total. The van der Waals surface area contributed by atoms with E-state index in [1.54, 1.807) is 0 Å². The van der Waals surface area contributed by atoms with Crippen LogP contribution in [0.1, 0.15) is 0 Å². The molecule has 3 nitrogen and oxygen atoms in total. The van der Waals surface area contributed by atoms with Gasteiger partial charge < -0.3 is 4.74 Å². The SMILES string of the molecule is C=C[N+]1(C)CC(N2CCOCC2)C1. The molecule has 13 heavy (non-hydrogen) atoms. The number of ether oxygens (including phenoxy) is 1. The Kier molecular flexibility index (Phi) is 2.41. The van der Waals surface area contributed by atoms with Crippen LogP contribution in [0.2, 0.25) is 0 Å². The van der Waals surface area contributed by atoms with Crippen LogP contribution in [0.3, 0.4) is 0 Å². The lowest BCUT2D eigenvalue weighted by molar-refractivity contribution is -0.905. The molecule has 2 aliphatic heterocycles. The van der Waals surface area contributed by atoms with Gasteiger partial charge in [-0.3, -0.25) is 9.38 Å². The molecule has 0 atom stereocenters. The summed E-state index contributed by atoms with van der Waals surface area (Å²) in [6.07, 6.45) is 2.05. The largest absolute Gasteiger partial charge is 0.379 e. The molecule has 0 aromatic rings. The molecule has 0 amide bonds. The van der Waals surface area contributed by atoms with E-state index in [2.05, 4.69) is 24.7 Å². The predicted molar refractivity (Wildman–Crippen MR) is 52.3 cm³/mol. The van der Waals surface area contributed by atoms with E-state index in [0.717, 1.165) is 36.8 Å². The van der Waals surface area contributed by atoms with Crippen molar-refractivity contribution in [2.24, 2.45) is 0 Å². The summed E-state index contributed by atoms with van der Waals surface area (Å²) in [5, 5.41) is 0. The van der Waals surface area contributed by atoms with Crippen molar-refractivity contribution in [1.82, 2.24) is 4.90 Å². The molecule has 0 unspecified atom stereocenters. The molecular formula is C10H19N2O+. The fourth-order valence-electron chi connectivity index (χ4n) is 2.23. The van der Waals surface area contributed by atoms with Gasteiger partial charge in [0.1, 0.15) is 19.1 Å². The zero-order chi connectivity index (χ0) is 9.31. The van der Waals surface area contributed by atoms with Gasteiger partial charge in [-0.1, -0.05) is 0 Å². The van der Waals surface area contributed by atoms with Crippen LogP contribution in [0.4, 0.5) is 0 Å². The number of hydrogen-bond donors (Lipinski definition) is 0. The third-order valence-corrected chi connectivity index (χ3v) is 3.26. The van der Waals surface area contributed by atoms with Crippen LogP contribution in [0.25, 0.3) is 0 Å². The van der Waals surface area contributed by atoms with E-state index in [1.807, 2.05) is 0 Å². The molecule has 2 fully saturated rings. The van der Waals surface area contributed by atoms with E-state index in [9.17, 15) is 0 Å². The van der Waals surface area contributed by atoms with Gasteiger partial charge in [-0.2, -0.15) is 0 Å². The lowest BCUT2D eigenvalue weighted by atomic mass is 10.0. The first-order chi connectivity index (χ1) is 6.23. The van der Waals surface area contributed by atoms with Gasteiger partial charge in [0.2, 0.25) is 0 Å². The maximum absolute atomic E-state index is 5.33. The summed E-state index contributed by atoms with van der Waals surface area (Å²) in [5.74, 6) is 0. The first-order valence-electron chi connectivity index (χ1n) is 5.03. The normalized spacial score (nSPS) is 41.2. The first kappa shape index (κ1) is 9.19. The second kappa shape index (κ2) is 3.40. The Hall–Kier alpha value is -0.380. The highest BCUT2D eigenvalue weighted by molar-refractivity contribution is 4.82. The Morgan fingerprint density at radius 1 is 1.38 bits per heavy atom. The second-order valence-corrected chi connectivity index (χ2v) is 4.33. The van der Waals surface area contributed by atoms with Gasteiger partial charge in [-0.25, -0.2) is 0 Å². The molecule has 2 rings (SSSR count). The van der Waals surface area contributed by atoms with Crippen molar-refractivity contribution in [3.63, 3.8) is 0 Å². The number of hydrogen-bond acceptors (Lipinski definition) is 2. The number of likely N-dealkylation sites (tertiary alicyclic amines) is 1. The van der Waals surface area contributed by atoms with Crippen molar-refractivity contribution in [3.8, 4) is 0 Å². The number of quaternary nitrogens is 1. The molecule has 2 saturated heterocycles. The van der Waals surface area contributed by atoms with E-state index < -0.39 is 0 Å². The molecule has 0 radical (unpaired) electrons. The smallest absolute Gasteiger partial charge is 0.110 e. The average Bonchev–Trinajstić information content (AvgIpc) is 2.14. The van der Waals surface area contributed by atoms with Gasteiger partial charge in [-0.15, -0.1) is 0 Å². The van der Waals surface area contributed by atoms with Crippen LogP contribution >= 0.6 is 0 Å². The fraction of sp³-hybridized carbons (Fsp3) is 0.800. The average molecular weight is 183 g/mol. The molecule has 0 saturated carbocycles. The minimum Gasteiger partial charge on any atom is -0.379 e. The minimum atomic E-state index is 0.770. The van der Waals surface area contributed by atoms with E-state index in [1.165, 1.54) is 13.1 Å². The van der Waals surface area contributed by atoms with Crippen LogP contribution in [0, 0.1) is 0 Å². The molecule has 3 heteroatoms. The predicted octanol–water partition coefficient (Wildman–Crippen LogP) is 0.291. The summed E-state index contributed by atoms with van der Waals surface area (Å²) in [6.45, 7) is 10.4. The highest BCUT2D eigenvalue weighted by Crippen LogP contribution is 2.22. The van der Waals surface area contributed by atoms with Crippen LogP contribution in [-0.2, 0) is 4.74 Å². The van der Waals surface area contributed by atoms with Gasteiger partial charge in [0.25, 0.3) is 0 Å². The maximum atomic E-state index is 5.33. The molecule has 2 aliphatic rings. The summed E-state index contributed by atoms with van der Waals surface area (Å²) in [6, 6.07) is 0.770. The molecule has 0 spiro atoms. The molecule has 0 aromatic heterocycles. The number of nitrogens with zero attached hydrogens (tertiary/aromatic N) is 2. The summed E-state index contributed by atoms with van der Waals surface area (Å²) in [5.41, 5.74) is 0. The third kappa shape index (κ3) is 1.77. The van der Waals surface area contributed by atoms with Crippen molar-refractivity contribution < 1.29 is 9.22 Å². The zero-order valence-corrected chi connectivity index (χ0v) is 8.41. The Bertz CT molecular complexity index is 193. The molecular weight excluding hydrogens is 164 g/mol. The standard InChI is InChI=1S/C10H19N2O/c1-3-12(2)8-10(9-12)11-4-6-13-7-5-11/h3,10H,1,4-9H2,2H3/q+1. The third-order valence-electron chi connectivity index (χ3n) is 3.26. The molecule has 0 aromatic carbocycles. The Morgan fingerprint density at radius 3 is 2.54 bits per heavy atom. The lowest BCUT2D eigenvalue weighted by Crippen LogP contribution is -2.67. The van der Waals surface area contributed by atoms with Crippen LogP contribution < -0.4 is 0 Å². The number of rotatable bonds is 2. The minimum absolute atomic E-state index is 0.770. The summed E-state index contributed by atoms with van der Waals surface area (Å²) < 4.78 is 6.36. The van der Waals surface area contributed by atoms with E-state index in [-0.39, 0.29) is 0 Å². The Labute approximate surface area is 80.2 Å². The van der Waals surface area contributed by atoms with Gasteiger partial charge in [-0.05, 0) is 6.58 Å². The van der Waals surface area contributed by atoms with Gasteiger partial charge in [0, 0.05) is 13.1 Å². The van der Waals surface area contributed by atoms with Crippen LogP contribution in [-0.4, -0.2) is 61.9 Å². The van der Waals surface area contributed by atoms with Gasteiger partial charge >= 0.3 is 0 Å². The number of morpholine rings is 1. The summed E-state index contributed by atoms with van der Waals surface area (Å²) in [4.78, 5) is 2.55. The van der Waals surface area contributed by atoms with E-state index in [0.29, 0.717) is 0 Å². The molecule has 0 bridgehead atoms. The highest BCUT2D eigenvalue weighted by atomic mass is 16.5. The van der Waals surface area contributed by atoms with E-state index in [4.69, 9.17) is 4.74 Å². The van der Waals surface area contributed by atoms with Crippen molar-refractivity contribution in [3.05, 3.63) is 12.8 Å². The topological polar surface area (TPSA) is 12.5 Å². The zero-order valence-electron chi connectivity index (χ0n) is 8.41. The fourth-order valence-corrected chi connectivity index (χ4v) is 2.23. The Morgan fingerprint density at radius 2 is 2.00 bits per heavy atom. The first-order valence-corrected chi connectivity index (χ1v) is 5.03.